The molecule has 1 radical (unpaired) electrons. The van der Waals surface area contributed by atoms with Crippen LogP contribution in [0.15, 0.2) is 53.3 Å². The summed E-state index contributed by atoms with van der Waals surface area (Å²) >= 11 is 0. The monoisotopic (exact) mass is 293 g/mol. The van der Waals surface area contributed by atoms with Crippen LogP contribution in [0.4, 0.5) is 0 Å². The van der Waals surface area contributed by atoms with Crippen LogP contribution in [0.1, 0.15) is 19.7 Å². The summed E-state index contributed by atoms with van der Waals surface area (Å²) in [5.41, 5.74) is 1.23. The highest BCUT2D eigenvalue weighted by Crippen LogP contribution is 2.19. The fourth-order valence-corrected chi connectivity index (χ4v) is 2.41. The van der Waals surface area contributed by atoms with Gasteiger partial charge in [-0.05, 0) is 38.1 Å². The van der Waals surface area contributed by atoms with Crippen molar-refractivity contribution in [2.24, 2.45) is 0 Å². The summed E-state index contributed by atoms with van der Waals surface area (Å²) in [5.74, 6) is 1.12. The van der Waals surface area contributed by atoms with Gasteiger partial charge in [0.05, 0.1) is 22.7 Å². The number of nitrogens with zero attached hydrogens (tertiary/aromatic N) is 2. The molecule has 4 nitrogen and oxygen atoms in total. The van der Waals surface area contributed by atoms with Gasteiger partial charge in [0.15, 0.2) is 0 Å². The van der Waals surface area contributed by atoms with Gasteiger partial charge < -0.3 is 4.74 Å². The molecule has 0 N–H and O–H groups in total. The second-order valence-corrected chi connectivity index (χ2v) is 5.35. The Morgan fingerprint density at radius 2 is 1.91 bits per heavy atom. The van der Waals surface area contributed by atoms with Crippen LogP contribution >= 0.6 is 0 Å². The highest BCUT2D eigenvalue weighted by atomic mass is 16.5. The third-order valence-corrected chi connectivity index (χ3v) is 3.29. The van der Waals surface area contributed by atoms with Crippen LogP contribution in [0.25, 0.3) is 16.6 Å². The predicted molar refractivity (Wildman–Crippen MR) is 87.6 cm³/mol. The summed E-state index contributed by atoms with van der Waals surface area (Å²) in [6.45, 7) is 7.83. The van der Waals surface area contributed by atoms with Crippen LogP contribution in [-0.2, 0) is 0 Å². The van der Waals surface area contributed by atoms with Crippen LogP contribution in [0.5, 0.6) is 5.75 Å². The lowest BCUT2D eigenvalue weighted by molar-refractivity contribution is 0.242. The van der Waals surface area contributed by atoms with E-state index in [1.54, 1.807) is 6.07 Å². The number of aromatic nitrogens is 2. The molecule has 4 heteroatoms. The number of rotatable bonds is 3. The van der Waals surface area contributed by atoms with Crippen molar-refractivity contribution in [2.75, 3.05) is 0 Å². The predicted octanol–water partition coefficient (Wildman–Crippen LogP) is 3.36. The maximum absolute atomic E-state index is 12.7. The van der Waals surface area contributed by atoms with Gasteiger partial charge in [0, 0.05) is 13.0 Å². The summed E-state index contributed by atoms with van der Waals surface area (Å²) in [6, 6.07) is 14.7. The Labute approximate surface area is 129 Å². The average Bonchev–Trinajstić information content (AvgIpc) is 2.47. The van der Waals surface area contributed by atoms with Gasteiger partial charge in [-0.2, -0.15) is 0 Å². The molecular formula is C18H17N2O2. The lowest BCUT2D eigenvalue weighted by atomic mass is 10.2. The Kier molecular flexibility index (Phi) is 3.67. The first kappa shape index (κ1) is 14.3. The number of para-hydroxylation sites is 1. The second-order valence-electron chi connectivity index (χ2n) is 5.35. The topological polar surface area (TPSA) is 44.1 Å². The quantitative estimate of drug-likeness (QED) is 0.744. The van der Waals surface area contributed by atoms with Crippen molar-refractivity contribution in [1.82, 2.24) is 9.55 Å². The molecule has 0 saturated carbocycles. The van der Waals surface area contributed by atoms with Crippen molar-refractivity contribution in [1.29, 1.82) is 0 Å². The van der Waals surface area contributed by atoms with E-state index >= 15 is 0 Å². The molecule has 0 fully saturated rings. The largest absolute Gasteiger partial charge is 0.491 e. The molecule has 0 aliphatic heterocycles. The third kappa shape index (κ3) is 2.60. The minimum Gasteiger partial charge on any atom is -0.491 e. The number of benzene rings is 2. The van der Waals surface area contributed by atoms with Crippen LogP contribution < -0.4 is 10.3 Å². The summed E-state index contributed by atoms with van der Waals surface area (Å²) in [5, 5.41) is 0.574. The summed E-state index contributed by atoms with van der Waals surface area (Å²) in [4.78, 5) is 17.1. The van der Waals surface area contributed by atoms with E-state index in [1.165, 1.54) is 4.57 Å². The molecule has 0 saturated heterocycles. The zero-order chi connectivity index (χ0) is 15.7. The minimum absolute atomic E-state index is 0.0703. The second kappa shape index (κ2) is 5.64. The van der Waals surface area contributed by atoms with Crippen LogP contribution in [0.2, 0.25) is 0 Å². The zero-order valence-corrected chi connectivity index (χ0v) is 12.6. The van der Waals surface area contributed by atoms with Gasteiger partial charge in [-0.25, -0.2) is 4.98 Å². The van der Waals surface area contributed by atoms with Gasteiger partial charge in [-0.1, -0.05) is 18.2 Å². The van der Waals surface area contributed by atoms with E-state index in [0.717, 1.165) is 0 Å². The number of fused-ring (bicyclic) bond motifs is 1. The van der Waals surface area contributed by atoms with E-state index in [0.29, 0.717) is 28.2 Å². The van der Waals surface area contributed by atoms with Crippen molar-refractivity contribution < 1.29 is 4.74 Å². The molecule has 111 valence electrons. The first-order chi connectivity index (χ1) is 10.6. The van der Waals surface area contributed by atoms with Gasteiger partial charge in [-0.3, -0.25) is 9.36 Å². The van der Waals surface area contributed by atoms with E-state index < -0.39 is 0 Å². The number of ether oxygens (including phenoxy) is 1. The third-order valence-electron chi connectivity index (χ3n) is 3.29. The maximum atomic E-state index is 12.7. The number of hydrogen-bond donors (Lipinski definition) is 0. The van der Waals surface area contributed by atoms with Gasteiger partial charge in [-0.15, -0.1) is 0 Å². The number of hydrogen-bond acceptors (Lipinski definition) is 3. The smallest absolute Gasteiger partial charge is 0.265 e. The zero-order valence-electron chi connectivity index (χ0n) is 12.6. The van der Waals surface area contributed by atoms with Crippen molar-refractivity contribution in [3.8, 4) is 11.4 Å². The molecule has 3 rings (SSSR count). The molecular weight excluding hydrogens is 276 g/mol. The molecule has 0 bridgehead atoms. The molecule has 2 aromatic carbocycles. The normalized spacial score (nSPS) is 11.1. The average molecular weight is 293 g/mol. The Bertz CT molecular complexity index is 882. The molecule has 0 aliphatic carbocycles. The van der Waals surface area contributed by atoms with Crippen molar-refractivity contribution in [2.45, 2.75) is 20.0 Å². The Balaban J connectivity index is 2.20. The highest BCUT2D eigenvalue weighted by Gasteiger charge is 2.10. The summed E-state index contributed by atoms with van der Waals surface area (Å²) in [6.07, 6.45) is 0.0703. The first-order valence-corrected chi connectivity index (χ1v) is 7.17. The van der Waals surface area contributed by atoms with Gasteiger partial charge in [0.25, 0.3) is 5.56 Å². The van der Waals surface area contributed by atoms with Crippen LogP contribution in [0, 0.1) is 6.92 Å². The Morgan fingerprint density at radius 3 is 2.68 bits per heavy atom. The standard InChI is InChI=1S/C18H17N2O2/c1-12(2)22-15-8-6-7-14(11-15)20-13(3)19-17-10-5-4-9-16(17)18(20)21/h4-12H,3H2,1-2H3. The van der Waals surface area contributed by atoms with Crippen LogP contribution in [-0.4, -0.2) is 15.7 Å². The van der Waals surface area contributed by atoms with Gasteiger partial charge in [0.2, 0.25) is 0 Å². The fraction of sp³-hybridized carbons (Fsp3) is 0.167. The Hall–Kier alpha value is -2.62. The van der Waals surface area contributed by atoms with Crippen molar-refractivity contribution in [3.05, 3.63) is 71.6 Å². The lowest BCUT2D eigenvalue weighted by Crippen LogP contribution is -2.22. The lowest BCUT2D eigenvalue weighted by Gasteiger charge is -2.14. The van der Waals surface area contributed by atoms with Crippen molar-refractivity contribution >= 4 is 10.9 Å². The highest BCUT2D eigenvalue weighted by molar-refractivity contribution is 5.77. The van der Waals surface area contributed by atoms with Gasteiger partial charge >= 0.3 is 0 Å². The molecule has 22 heavy (non-hydrogen) atoms. The maximum Gasteiger partial charge on any atom is 0.265 e. The Morgan fingerprint density at radius 1 is 1.14 bits per heavy atom. The molecule has 3 aromatic rings. The first-order valence-electron chi connectivity index (χ1n) is 7.17. The van der Waals surface area contributed by atoms with Crippen molar-refractivity contribution in [3.63, 3.8) is 0 Å². The molecule has 0 atom stereocenters. The molecule has 1 aromatic heterocycles. The van der Waals surface area contributed by atoms with E-state index in [1.807, 2.05) is 56.3 Å². The summed E-state index contributed by atoms with van der Waals surface area (Å²) in [7, 11) is 0. The minimum atomic E-state index is -0.128. The molecule has 0 spiro atoms. The van der Waals surface area contributed by atoms with E-state index in [2.05, 4.69) is 11.9 Å². The molecule has 0 unspecified atom stereocenters. The van der Waals surface area contributed by atoms with Crippen LogP contribution in [0.3, 0.4) is 0 Å². The molecule has 0 aliphatic rings. The molecule has 0 amide bonds. The SMILES string of the molecule is [CH2]c1nc2ccccc2c(=O)n1-c1cccc(OC(C)C)c1. The summed E-state index contributed by atoms with van der Waals surface area (Å²) < 4.78 is 7.20. The van der Waals surface area contributed by atoms with E-state index in [9.17, 15) is 4.79 Å². The van der Waals surface area contributed by atoms with Gasteiger partial charge in [0.1, 0.15) is 11.6 Å². The molecule has 1 heterocycles. The van der Waals surface area contributed by atoms with E-state index in [4.69, 9.17) is 4.74 Å². The van der Waals surface area contributed by atoms with E-state index in [-0.39, 0.29) is 11.7 Å². The fourth-order valence-electron chi connectivity index (χ4n) is 2.41.